The molecule has 5 rings (SSSR count). The first-order chi connectivity index (χ1) is 14.7. The first-order valence-corrected chi connectivity index (χ1v) is 11.4. The number of carbonyl (C=O) groups is 1. The van der Waals surface area contributed by atoms with Gasteiger partial charge in [-0.25, -0.2) is 0 Å². The second-order valence-electron chi connectivity index (χ2n) is 8.97. The van der Waals surface area contributed by atoms with Crippen LogP contribution in [0.2, 0.25) is 0 Å². The van der Waals surface area contributed by atoms with Crippen molar-refractivity contribution in [3.05, 3.63) is 71.9 Å². The molecule has 0 unspecified atom stereocenters. The lowest BCUT2D eigenvalue weighted by Crippen LogP contribution is -2.49. The molecule has 4 heteroatoms. The average Bonchev–Trinajstić information content (AvgIpc) is 3.43. The predicted molar refractivity (Wildman–Crippen MR) is 122 cm³/mol. The number of carbonyl (C=O) groups excluding carboxylic acids is 1. The maximum Gasteiger partial charge on any atom is 0.270 e. The lowest BCUT2D eigenvalue weighted by molar-refractivity contribution is 0.0618. The van der Waals surface area contributed by atoms with Gasteiger partial charge in [-0.05, 0) is 63.1 Å². The van der Waals surface area contributed by atoms with Crippen molar-refractivity contribution >= 4 is 16.8 Å². The highest BCUT2D eigenvalue weighted by molar-refractivity contribution is 5.98. The summed E-state index contributed by atoms with van der Waals surface area (Å²) < 4.78 is 0. The zero-order valence-corrected chi connectivity index (χ0v) is 17.7. The summed E-state index contributed by atoms with van der Waals surface area (Å²) in [6.45, 7) is 2.85. The van der Waals surface area contributed by atoms with Gasteiger partial charge < -0.3 is 15.2 Å². The molecule has 2 aliphatic rings. The molecule has 0 spiro atoms. The number of aromatic nitrogens is 1. The van der Waals surface area contributed by atoms with Crippen molar-refractivity contribution < 1.29 is 4.79 Å². The van der Waals surface area contributed by atoms with Crippen molar-refractivity contribution in [3.63, 3.8) is 0 Å². The quantitative estimate of drug-likeness (QED) is 0.595. The number of amides is 1. The van der Waals surface area contributed by atoms with Crippen molar-refractivity contribution in [3.8, 4) is 0 Å². The fourth-order valence-corrected chi connectivity index (χ4v) is 5.28. The number of aromatic amines is 1. The van der Waals surface area contributed by atoms with Gasteiger partial charge >= 0.3 is 0 Å². The van der Waals surface area contributed by atoms with Crippen molar-refractivity contribution in [1.29, 1.82) is 0 Å². The van der Waals surface area contributed by atoms with Crippen LogP contribution < -0.4 is 5.32 Å². The van der Waals surface area contributed by atoms with Crippen LogP contribution in [0.15, 0.2) is 60.7 Å². The van der Waals surface area contributed by atoms with E-state index in [4.69, 9.17) is 0 Å². The van der Waals surface area contributed by atoms with Crippen molar-refractivity contribution in [2.24, 2.45) is 0 Å². The minimum Gasteiger partial charge on any atom is -0.351 e. The van der Waals surface area contributed by atoms with Gasteiger partial charge in [-0.1, -0.05) is 48.5 Å². The third-order valence-corrected chi connectivity index (χ3v) is 7.01. The Morgan fingerprint density at radius 2 is 1.87 bits per heavy atom. The number of rotatable bonds is 6. The average molecular weight is 402 g/mol. The molecule has 156 valence electrons. The second kappa shape index (κ2) is 7.92. The van der Waals surface area contributed by atoms with E-state index in [1.54, 1.807) is 0 Å². The van der Waals surface area contributed by atoms with Crippen LogP contribution in [0.5, 0.6) is 0 Å². The molecule has 4 nitrogen and oxygen atoms in total. The van der Waals surface area contributed by atoms with Gasteiger partial charge in [0.25, 0.3) is 5.91 Å². The van der Waals surface area contributed by atoms with Crippen LogP contribution in [-0.4, -0.2) is 34.4 Å². The number of hydrogen-bond acceptors (Lipinski definition) is 2. The van der Waals surface area contributed by atoms with Crippen LogP contribution in [0.25, 0.3) is 10.9 Å². The number of fused-ring (bicyclic) bond motifs is 1. The van der Waals surface area contributed by atoms with Gasteiger partial charge in [0.2, 0.25) is 0 Å². The number of nitrogens with one attached hydrogen (secondary N) is 2. The molecule has 1 amide bonds. The topological polar surface area (TPSA) is 48.1 Å². The van der Waals surface area contributed by atoms with Crippen LogP contribution in [0.3, 0.4) is 0 Å². The van der Waals surface area contributed by atoms with E-state index < -0.39 is 0 Å². The van der Waals surface area contributed by atoms with Gasteiger partial charge in [0, 0.05) is 35.1 Å². The summed E-state index contributed by atoms with van der Waals surface area (Å²) in [5.41, 5.74) is 3.30. The largest absolute Gasteiger partial charge is 0.351 e. The first kappa shape index (κ1) is 19.4. The highest BCUT2D eigenvalue weighted by Gasteiger charge is 2.46. The number of hydrogen-bond donors (Lipinski definition) is 2. The molecule has 3 aromatic rings. The van der Waals surface area contributed by atoms with E-state index in [0.717, 1.165) is 30.3 Å². The lowest BCUT2D eigenvalue weighted by Gasteiger charge is -2.38. The van der Waals surface area contributed by atoms with Crippen molar-refractivity contribution in [2.45, 2.75) is 63.1 Å². The van der Waals surface area contributed by atoms with Crippen molar-refractivity contribution in [2.75, 3.05) is 6.54 Å². The third kappa shape index (κ3) is 3.65. The van der Waals surface area contributed by atoms with Gasteiger partial charge in [-0.3, -0.25) is 4.79 Å². The molecule has 2 atom stereocenters. The van der Waals surface area contributed by atoms with E-state index in [9.17, 15) is 4.79 Å². The maximum atomic E-state index is 13.3. The Bertz CT molecular complexity index is 988. The zero-order chi connectivity index (χ0) is 20.6. The minimum absolute atomic E-state index is 0.128. The number of para-hydroxylation sites is 1. The first-order valence-electron chi connectivity index (χ1n) is 11.4. The number of benzene rings is 2. The van der Waals surface area contributed by atoms with Crippen LogP contribution in [-0.2, 0) is 5.54 Å². The summed E-state index contributed by atoms with van der Waals surface area (Å²) in [5, 5.41) is 5.08. The van der Waals surface area contributed by atoms with E-state index in [1.165, 1.54) is 31.2 Å². The Kier molecular flexibility index (Phi) is 5.11. The third-order valence-electron chi connectivity index (χ3n) is 7.01. The Hall–Kier alpha value is -2.59. The molecule has 1 heterocycles. The second-order valence-corrected chi connectivity index (χ2v) is 8.97. The van der Waals surface area contributed by atoms with Crippen LogP contribution in [0.1, 0.15) is 61.5 Å². The summed E-state index contributed by atoms with van der Waals surface area (Å²) in [7, 11) is 0. The molecule has 0 radical (unpaired) electrons. The molecule has 2 aromatic carbocycles. The molecule has 1 aromatic heterocycles. The molecule has 0 saturated heterocycles. The van der Waals surface area contributed by atoms with Crippen LogP contribution >= 0.6 is 0 Å². The molecule has 2 N–H and O–H groups in total. The summed E-state index contributed by atoms with van der Waals surface area (Å²) in [6.07, 6.45) is 6.92. The van der Waals surface area contributed by atoms with Crippen LogP contribution in [0, 0.1) is 0 Å². The van der Waals surface area contributed by atoms with Gasteiger partial charge in [0.1, 0.15) is 5.69 Å². The van der Waals surface area contributed by atoms with Gasteiger partial charge in [-0.15, -0.1) is 0 Å². The molecule has 0 aliphatic heterocycles. The highest BCUT2D eigenvalue weighted by Crippen LogP contribution is 2.46. The standard InChI is InChI=1S/C26H31N3O/c1-2-29(25(30)24-17-19-9-6-7-14-23(19)27-24)22-13-8-12-21(18-22)28-26(15-16-26)20-10-4-3-5-11-20/h3-7,9-11,14,17,21-22,27-28H,2,8,12-13,15-16,18H2,1H3/t21-,22+/m1/s1. The van der Waals surface area contributed by atoms with E-state index in [-0.39, 0.29) is 11.4 Å². The Labute approximate surface area is 178 Å². The summed E-state index contributed by atoms with van der Waals surface area (Å²) in [4.78, 5) is 18.8. The molecule has 30 heavy (non-hydrogen) atoms. The molecule has 2 saturated carbocycles. The van der Waals surface area contributed by atoms with E-state index in [0.29, 0.717) is 17.8 Å². The monoisotopic (exact) mass is 401 g/mol. The predicted octanol–water partition coefficient (Wildman–Crippen LogP) is 5.22. The maximum absolute atomic E-state index is 13.3. The SMILES string of the molecule is CCN(C(=O)c1cc2ccccc2[nH]1)[C@H]1CCC[C@@H](NC2(c3ccccc3)CC2)C1. The molecular weight excluding hydrogens is 370 g/mol. The van der Waals surface area contributed by atoms with E-state index in [1.807, 2.05) is 24.3 Å². The minimum atomic E-state index is 0.128. The Morgan fingerprint density at radius 3 is 2.60 bits per heavy atom. The zero-order valence-electron chi connectivity index (χ0n) is 17.7. The smallest absolute Gasteiger partial charge is 0.270 e. The highest BCUT2D eigenvalue weighted by atomic mass is 16.2. The number of nitrogens with zero attached hydrogens (tertiary/aromatic N) is 1. The number of H-pyrrole nitrogens is 1. The Balaban J connectivity index is 1.30. The molecule has 0 bridgehead atoms. The fourth-order valence-electron chi connectivity index (χ4n) is 5.28. The van der Waals surface area contributed by atoms with Crippen molar-refractivity contribution in [1.82, 2.24) is 15.2 Å². The summed E-state index contributed by atoms with van der Waals surface area (Å²) >= 11 is 0. The Morgan fingerprint density at radius 1 is 1.10 bits per heavy atom. The van der Waals surface area contributed by atoms with Gasteiger partial charge in [-0.2, -0.15) is 0 Å². The summed E-state index contributed by atoms with van der Waals surface area (Å²) in [6, 6.07) is 21.7. The fraction of sp³-hybridized carbons (Fsp3) is 0.423. The molecule has 2 aliphatic carbocycles. The molecular formula is C26H31N3O. The van der Waals surface area contributed by atoms with Gasteiger partial charge in [0.05, 0.1) is 0 Å². The van der Waals surface area contributed by atoms with Gasteiger partial charge in [0.15, 0.2) is 0 Å². The van der Waals surface area contributed by atoms with E-state index >= 15 is 0 Å². The normalized spacial score (nSPS) is 22.7. The summed E-state index contributed by atoms with van der Waals surface area (Å²) in [5.74, 6) is 0.128. The van der Waals surface area contributed by atoms with E-state index in [2.05, 4.69) is 58.5 Å². The molecule has 2 fully saturated rings. The van der Waals surface area contributed by atoms with Crippen LogP contribution in [0.4, 0.5) is 0 Å². The lowest BCUT2D eigenvalue weighted by atomic mass is 9.88.